The van der Waals surface area contributed by atoms with Crippen molar-refractivity contribution in [2.75, 3.05) is 0 Å². The van der Waals surface area contributed by atoms with Crippen LogP contribution in [0.2, 0.25) is 0 Å². The van der Waals surface area contributed by atoms with Gasteiger partial charge in [0.1, 0.15) is 0 Å². The van der Waals surface area contributed by atoms with Crippen LogP contribution in [0.3, 0.4) is 0 Å². The van der Waals surface area contributed by atoms with Crippen LogP contribution in [0.4, 0.5) is 0 Å². The van der Waals surface area contributed by atoms with Gasteiger partial charge in [-0.2, -0.15) is 4.99 Å². The fourth-order valence-corrected chi connectivity index (χ4v) is 4.24. The van der Waals surface area contributed by atoms with Crippen molar-refractivity contribution in [1.82, 2.24) is 4.57 Å². The van der Waals surface area contributed by atoms with Gasteiger partial charge in [-0.05, 0) is 41.0 Å². The third-order valence-corrected chi connectivity index (χ3v) is 5.50. The average molecular weight is 346 g/mol. The zero-order valence-corrected chi connectivity index (χ0v) is 15.0. The number of carbonyl (C=O) groups is 1. The van der Waals surface area contributed by atoms with Gasteiger partial charge >= 0.3 is 0 Å². The largest absolute Gasteiger partial charge is 0.319 e. The van der Waals surface area contributed by atoms with Crippen LogP contribution in [0, 0.1) is 6.92 Å². The second-order valence-electron chi connectivity index (χ2n) is 6.24. The number of aromatic nitrogens is 1. The van der Waals surface area contributed by atoms with E-state index in [0.29, 0.717) is 6.42 Å². The molecule has 3 nitrogen and oxygen atoms in total. The van der Waals surface area contributed by atoms with Gasteiger partial charge in [-0.25, -0.2) is 0 Å². The fraction of sp³-hybridized carbons (Fsp3) is 0.143. The van der Waals surface area contributed by atoms with Crippen molar-refractivity contribution in [3.8, 4) is 0 Å². The third-order valence-electron chi connectivity index (χ3n) is 4.41. The molecule has 0 aliphatic rings. The number of fused-ring (bicyclic) bond motifs is 2. The number of hydrogen-bond donors (Lipinski definition) is 0. The summed E-state index contributed by atoms with van der Waals surface area (Å²) in [4.78, 5) is 17.7. The number of amides is 1. The van der Waals surface area contributed by atoms with Crippen molar-refractivity contribution in [2.45, 2.75) is 13.3 Å². The predicted octanol–water partition coefficient (Wildman–Crippen LogP) is 4.37. The molecular formula is C21H18N2OS. The van der Waals surface area contributed by atoms with Gasteiger partial charge in [-0.15, -0.1) is 0 Å². The van der Waals surface area contributed by atoms with Crippen molar-refractivity contribution in [3.63, 3.8) is 0 Å². The highest BCUT2D eigenvalue weighted by atomic mass is 32.1. The van der Waals surface area contributed by atoms with Crippen molar-refractivity contribution in [2.24, 2.45) is 12.0 Å². The number of benzene rings is 3. The molecule has 0 saturated carbocycles. The van der Waals surface area contributed by atoms with Crippen LogP contribution >= 0.6 is 11.3 Å². The van der Waals surface area contributed by atoms with E-state index in [1.54, 1.807) is 11.3 Å². The number of nitrogens with zero attached hydrogens (tertiary/aromatic N) is 2. The van der Waals surface area contributed by atoms with Gasteiger partial charge < -0.3 is 4.57 Å². The molecule has 0 aliphatic heterocycles. The molecule has 0 saturated heterocycles. The summed E-state index contributed by atoms with van der Waals surface area (Å²) in [5, 5.41) is 2.26. The lowest BCUT2D eigenvalue weighted by Crippen LogP contribution is -2.14. The van der Waals surface area contributed by atoms with Crippen LogP contribution in [-0.4, -0.2) is 10.5 Å². The SMILES string of the molecule is Cc1ccc2c(c1)sc(=NC(=O)Cc1cccc3ccccc13)n2C. The van der Waals surface area contributed by atoms with Crippen LogP contribution in [0.1, 0.15) is 11.1 Å². The maximum Gasteiger partial charge on any atom is 0.252 e. The number of rotatable bonds is 2. The predicted molar refractivity (Wildman–Crippen MR) is 104 cm³/mol. The quantitative estimate of drug-likeness (QED) is 0.531. The van der Waals surface area contributed by atoms with Crippen molar-refractivity contribution < 1.29 is 4.79 Å². The lowest BCUT2D eigenvalue weighted by Gasteiger charge is -2.03. The van der Waals surface area contributed by atoms with Gasteiger partial charge in [0.2, 0.25) is 0 Å². The summed E-state index contributed by atoms with van der Waals surface area (Å²) in [6.45, 7) is 2.07. The molecule has 25 heavy (non-hydrogen) atoms. The molecule has 0 aliphatic carbocycles. The first-order valence-electron chi connectivity index (χ1n) is 8.22. The van der Waals surface area contributed by atoms with E-state index in [1.165, 1.54) is 5.56 Å². The standard InChI is InChI=1S/C21H18N2OS/c1-14-10-11-18-19(12-14)25-21(23(18)2)22-20(24)13-16-8-5-7-15-6-3-4-9-17(15)16/h3-12H,13H2,1-2H3. The van der Waals surface area contributed by atoms with Crippen LogP contribution in [-0.2, 0) is 18.3 Å². The molecule has 3 aromatic carbocycles. The van der Waals surface area contributed by atoms with Gasteiger partial charge in [-0.1, -0.05) is 59.9 Å². The topological polar surface area (TPSA) is 34.4 Å². The van der Waals surface area contributed by atoms with E-state index in [4.69, 9.17) is 0 Å². The van der Waals surface area contributed by atoms with E-state index < -0.39 is 0 Å². The van der Waals surface area contributed by atoms with E-state index >= 15 is 0 Å². The van der Waals surface area contributed by atoms with Crippen LogP contribution in [0.15, 0.2) is 65.7 Å². The molecule has 4 rings (SSSR count). The van der Waals surface area contributed by atoms with E-state index in [0.717, 1.165) is 31.4 Å². The molecule has 4 aromatic rings. The first kappa shape index (κ1) is 15.8. The van der Waals surface area contributed by atoms with Crippen LogP contribution in [0.5, 0.6) is 0 Å². The summed E-state index contributed by atoms with van der Waals surface area (Å²) < 4.78 is 3.14. The Morgan fingerprint density at radius 3 is 2.76 bits per heavy atom. The maximum absolute atomic E-state index is 12.5. The Bertz CT molecular complexity index is 1160. The summed E-state index contributed by atoms with van der Waals surface area (Å²) in [7, 11) is 1.96. The van der Waals surface area contributed by atoms with Crippen molar-refractivity contribution in [1.29, 1.82) is 0 Å². The minimum Gasteiger partial charge on any atom is -0.319 e. The number of aryl methyl sites for hydroxylation is 2. The van der Waals surface area contributed by atoms with E-state index in [1.807, 2.05) is 35.9 Å². The van der Waals surface area contributed by atoms with E-state index in [9.17, 15) is 4.79 Å². The first-order valence-corrected chi connectivity index (χ1v) is 9.04. The second-order valence-corrected chi connectivity index (χ2v) is 7.24. The monoisotopic (exact) mass is 346 g/mol. The van der Waals surface area contributed by atoms with Gasteiger partial charge in [0, 0.05) is 7.05 Å². The Morgan fingerprint density at radius 1 is 1.08 bits per heavy atom. The van der Waals surface area contributed by atoms with Gasteiger partial charge in [0.25, 0.3) is 5.91 Å². The summed E-state index contributed by atoms with van der Waals surface area (Å²) in [5.41, 5.74) is 3.33. The Kier molecular flexibility index (Phi) is 3.98. The maximum atomic E-state index is 12.5. The van der Waals surface area contributed by atoms with E-state index in [2.05, 4.69) is 48.3 Å². The summed E-state index contributed by atoms with van der Waals surface area (Å²) in [6.07, 6.45) is 0.314. The molecule has 1 heterocycles. The Labute approximate surface area is 149 Å². The Hall–Kier alpha value is -2.72. The van der Waals surface area contributed by atoms with Crippen molar-refractivity contribution in [3.05, 3.63) is 76.6 Å². The third kappa shape index (κ3) is 3.01. The molecule has 1 aromatic heterocycles. The van der Waals surface area contributed by atoms with Crippen molar-refractivity contribution >= 4 is 38.2 Å². The molecule has 124 valence electrons. The lowest BCUT2D eigenvalue weighted by molar-refractivity contribution is -0.117. The zero-order chi connectivity index (χ0) is 17.4. The molecule has 0 bridgehead atoms. The van der Waals surface area contributed by atoms with Gasteiger partial charge in [0.05, 0.1) is 16.6 Å². The Morgan fingerprint density at radius 2 is 1.88 bits per heavy atom. The number of hydrogen-bond acceptors (Lipinski definition) is 2. The van der Waals surface area contributed by atoms with Gasteiger partial charge in [0.15, 0.2) is 4.80 Å². The minimum atomic E-state index is -0.116. The molecule has 4 heteroatoms. The Balaban J connectivity index is 1.72. The molecule has 1 amide bonds. The van der Waals surface area contributed by atoms with Crippen LogP contribution < -0.4 is 4.80 Å². The molecule has 0 N–H and O–H groups in total. The number of carbonyl (C=O) groups excluding carboxylic acids is 1. The highest BCUT2D eigenvalue weighted by Crippen LogP contribution is 2.20. The lowest BCUT2D eigenvalue weighted by atomic mass is 10.0. The number of thiazole rings is 1. The highest BCUT2D eigenvalue weighted by Gasteiger charge is 2.08. The summed E-state index contributed by atoms with van der Waals surface area (Å²) >= 11 is 1.56. The molecule has 0 radical (unpaired) electrons. The highest BCUT2D eigenvalue weighted by molar-refractivity contribution is 7.16. The molecule has 0 atom stereocenters. The minimum absolute atomic E-state index is 0.116. The smallest absolute Gasteiger partial charge is 0.252 e. The zero-order valence-electron chi connectivity index (χ0n) is 14.2. The first-order chi connectivity index (χ1) is 12.1. The van der Waals surface area contributed by atoms with Gasteiger partial charge in [-0.3, -0.25) is 4.79 Å². The fourth-order valence-electron chi connectivity index (χ4n) is 3.10. The molecule has 0 fully saturated rings. The average Bonchev–Trinajstić information content (AvgIpc) is 2.90. The molecular weight excluding hydrogens is 328 g/mol. The summed E-state index contributed by atoms with van der Waals surface area (Å²) in [6, 6.07) is 20.5. The summed E-state index contributed by atoms with van der Waals surface area (Å²) in [5.74, 6) is -0.116. The van der Waals surface area contributed by atoms with E-state index in [-0.39, 0.29) is 5.91 Å². The normalized spacial score (nSPS) is 12.2. The second kappa shape index (κ2) is 6.30. The molecule has 0 spiro atoms. The molecule has 0 unspecified atom stereocenters. The van der Waals surface area contributed by atoms with Crippen LogP contribution in [0.25, 0.3) is 21.0 Å².